The maximum absolute atomic E-state index is 12.6. The SMILES string of the molecule is Cc1ccc(CN(C(=O)COc2cccc(CO)c2)C2CC2)cc1. The molecule has 0 atom stereocenters. The summed E-state index contributed by atoms with van der Waals surface area (Å²) < 4.78 is 5.62. The Hall–Kier alpha value is -2.33. The molecule has 24 heavy (non-hydrogen) atoms. The summed E-state index contributed by atoms with van der Waals surface area (Å²) >= 11 is 0. The van der Waals surface area contributed by atoms with Crippen LogP contribution in [0.4, 0.5) is 0 Å². The zero-order valence-electron chi connectivity index (χ0n) is 13.9. The first-order valence-electron chi connectivity index (χ1n) is 8.33. The second-order valence-electron chi connectivity index (χ2n) is 6.33. The Morgan fingerprint density at radius 1 is 1.17 bits per heavy atom. The van der Waals surface area contributed by atoms with E-state index in [1.54, 1.807) is 12.1 Å². The third-order valence-corrected chi connectivity index (χ3v) is 4.22. The third kappa shape index (κ3) is 4.36. The second-order valence-corrected chi connectivity index (χ2v) is 6.33. The van der Waals surface area contributed by atoms with Crippen LogP contribution in [0, 0.1) is 6.92 Å². The summed E-state index contributed by atoms with van der Waals surface area (Å²) in [6.45, 7) is 2.68. The number of aryl methyl sites for hydroxylation is 1. The Balaban J connectivity index is 1.61. The van der Waals surface area contributed by atoms with Crippen molar-refractivity contribution in [3.05, 3.63) is 65.2 Å². The van der Waals surface area contributed by atoms with Crippen molar-refractivity contribution in [1.29, 1.82) is 0 Å². The third-order valence-electron chi connectivity index (χ3n) is 4.22. The summed E-state index contributed by atoms with van der Waals surface area (Å²) in [4.78, 5) is 14.5. The predicted molar refractivity (Wildman–Crippen MR) is 92.6 cm³/mol. The monoisotopic (exact) mass is 325 g/mol. The molecule has 1 N–H and O–H groups in total. The molecule has 126 valence electrons. The van der Waals surface area contributed by atoms with Gasteiger partial charge in [0.25, 0.3) is 5.91 Å². The average molecular weight is 325 g/mol. The lowest BCUT2D eigenvalue weighted by Gasteiger charge is -2.23. The molecule has 4 heteroatoms. The molecule has 0 heterocycles. The van der Waals surface area contributed by atoms with E-state index in [2.05, 4.69) is 31.2 Å². The standard InChI is InChI=1S/C20H23NO3/c1-15-5-7-16(8-6-15)12-21(18-9-10-18)20(23)14-24-19-4-2-3-17(11-19)13-22/h2-8,11,18,22H,9-10,12-14H2,1H3. The zero-order valence-corrected chi connectivity index (χ0v) is 13.9. The normalized spacial score (nSPS) is 13.6. The van der Waals surface area contributed by atoms with Crippen LogP contribution in [0.5, 0.6) is 5.75 Å². The van der Waals surface area contributed by atoms with E-state index in [-0.39, 0.29) is 19.1 Å². The predicted octanol–water partition coefficient (Wildman–Crippen LogP) is 3.06. The highest BCUT2D eigenvalue weighted by Gasteiger charge is 2.32. The van der Waals surface area contributed by atoms with Gasteiger partial charge in [-0.1, -0.05) is 42.0 Å². The number of benzene rings is 2. The fourth-order valence-corrected chi connectivity index (χ4v) is 2.66. The number of nitrogens with zero attached hydrogens (tertiary/aromatic N) is 1. The molecule has 0 bridgehead atoms. The molecular weight excluding hydrogens is 302 g/mol. The lowest BCUT2D eigenvalue weighted by molar-refractivity contribution is -0.134. The van der Waals surface area contributed by atoms with Crippen LogP contribution >= 0.6 is 0 Å². The number of hydrogen-bond acceptors (Lipinski definition) is 3. The molecule has 4 nitrogen and oxygen atoms in total. The summed E-state index contributed by atoms with van der Waals surface area (Å²) in [6.07, 6.45) is 2.13. The maximum Gasteiger partial charge on any atom is 0.261 e. The number of carbonyl (C=O) groups excluding carboxylic acids is 1. The van der Waals surface area contributed by atoms with Gasteiger partial charge in [-0.2, -0.15) is 0 Å². The van der Waals surface area contributed by atoms with E-state index >= 15 is 0 Å². The van der Waals surface area contributed by atoms with Crippen molar-refractivity contribution in [2.24, 2.45) is 0 Å². The number of carbonyl (C=O) groups is 1. The van der Waals surface area contributed by atoms with E-state index in [0.29, 0.717) is 18.3 Å². The van der Waals surface area contributed by atoms with Gasteiger partial charge in [0.2, 0.25) is 0 Å². The van der Waals surface area contributed by atoms with Crippen LogP contribution < -0.4 is 4.74 Å². The summed E-state index contributed by atoms with van der Waals surface area (Å²) in [5, 5.41) is 9.16. The van der Waals surface area contributed by atoms with E-state index in [4.69, 9.17) is 9.84 Å². The van der Waals surface area contributed by atoms with E-state index in [9.17, 15) is 4.79 Å². The minimum Gasteiger partial charge on any atom is -0.484 e. The summed E-state index contributed by atoms with van der Waals surface area (Å²) in [7, 11) is 0. The summed E-state index contributed by atoms with van der Waals surface area (Å²) in [5.74, 6) is 0.619. The van der Waals surface area contributed by atoms with Gasteiger partial charge in [0.05, 0.1) is 6.61 Å². The highest BCUT2D eigenvalue weighted by atomic mass is 16.5. The van der Waals surface area contributed by atoms with Crippen molar-refractivity contribution >= 4 is 5.91 Å². The van der Waals surface area contributed by atoms with Crippen LogP contribution in [-0.4, -0.2) is 28.6 Å². The molecule has 0 spiro atoms. The molecule has 0 radical (unpaired) electrons. The van der Waals surface area contributed by atoms with Crippen molar-refractivity contribution in [2.45, 2.75) is 39.0 Å². The zero-order chi connectivity index (χ0) is 16.9. The molecular formula is C20H23NO3. The first kappa shape index (κ1) is 16.5. The largest absolute Gasteiger partial charge is 0.484 e. The van der Waals surface area contributed by atoms with Crippen molar-refractivity contribution < 1.29 is 14.6 Å². The molecule has 2 aromatic rings. The minimum absolute atomic E-state index is 0.00692. The molecule has 2 aromatic carbocycles. The van der Waals surface area contributed by atoms with Crippen LogP contribution in [-0.2, 0) is 17.9 Å². The van der Waals surface area contributed by atoms with Gasteiger partial charge in [-0.15, -0.1) is 0 Å². The fourth-order valence-electron chi connectivity index (χ4n) is 2.66. The first-order chi connectivity index (χ1) is 11.7. The molecule has 1 saturated carbocycles. The number of hydrogen-bond donors (Lipinski definition) is 1. The van der Waals surface area contributed by atoms with Crippen LogP contribution in [0.25, 0.3) is 0 Å². The molecule has 0 saturated heterocycles. The number of aliphatic hydroxyl groups is 1. The Bertz CT molecular complexity index is 692. The van der Waals surface area contributed by atoms with Gasteiger partial charge in [0, 0.05) is 12.6 Å². The van der Waals surface area contributed by atoms with Crippen LogP contribution in [0.3, 0.4) is 0 Å². The van der Waals surface area contributed by atoms with Crippen molar-refractivity contribution in [3.63, 3.8) is 0 Å². The summed E-state index contributed by atoms with van der Waals surface area (Å²) in [6, 6.07) is 15.8. The minimum atomic E-state index is -0.0350. The van der Waals surface area contributed by atoms with Gasteiger partial charge >= 0.3 is 0 Å². The Morgan fingerprint density at radius 3 is 2.58 bits per heavy atom. The van der Waals surface area contributed by atoms with Gasteiger partial charge in [-0.05, 0) is 43.0 Å². The fraction of sp³-hybridized carbons (Fsp3) is 0.350. The van der Waals surface area contributed by atoms with Gasteiger partial charge in [-0.25, -0.2) is 0 Å². The quantitative estimate of drug-likeness (QED) is 0.851. The van der Waals surface area contributed by atoms with Gasteiger partial charge in [0.1, 0.15) is 5.75 Å². The van der Waals surface area contributed by atoms with Gasteiger partial charge < -0.3 is 14.7 Å². The Labute approximate surface area is 142 Å². The molecule has 1 aliphatic carbocycles. The smallest absolute Gasteiger partial charge is 0.261 e. The van der Waals surface area contributed by atoms with Crippen LogP contribution in [0.15, 0.2) is 48.5 Å². The molecule has 0 aliphatic heterocycles. The van der Waals surface area contributed by atoms with Gasteiger partial charge in [-0.3, -0.25) is 4.79 Å². The molecule has 1 amide bonds. The second kappa shape index (κ2) is 7.49. The maximum atomic E-state index is 12.6. The molecule has 3 rings (SSSR count). The van der Waals surface area contributed by atoms with Crippen molar-refractivity contribution in [1.82, 2.24) is 4.90 Å². The Kier molecular flexibility index (Phi) is 5.16. The number of ether oxygens (including phenoxy) is 1. The topological polar surface area (TPSA) is 49.8 Å². The van der Waals surface area contributed by atoms with Crippen molar-refractivity contribution in [3.8, 4) is 5.75 Å². The van der Waals surface area contributed by atoms with E-state index in [1.165, 1.54) is 5.56 Å². The number of aliphatic hydroxyl groups excluding tert-OH is 1. The molecule has 0 unspecified atom stereocenters. The molecule has 0 aromatic heterocycles. The van der Waals surface area contributed by atoms with E-state index in [1.807, 2.05) is 17.0 Å². The highest BCUT2D eigenvalue weighted by Crippen LogP contribution is 2.28. The lowest BCUT2D eigenvalue weighted by atomic mass is 10.1. The van der Waals surface area contributed by atoms with E-state index < -0.39 is 0 Å². The lowest BCUT2D eigenvalue weighted by Crippen LogP contribution is -2.36. The van der Waals surface area contributed by atoms with Crippen LogP contribution in [0.1, 0.15) is 29.5 Å². The molecule has 1 aliphatic rings. The van der Waals surface area contributed by atoms with Crippen LogP contribution in [0.2, 0.25) is 0 Å². The van der Waals surface area contributed by atoms with E-state index in [0.717, 1.165) is 24.0 Å². The Morgan fingerprint density at radius 2 is 1.92 bits per heavy atom. The first-order valence-corrected chi connectivity index (χ1v) is 8.33. The van der Waals surface area contributed by atoms with Gasteiger partial charge in [0.15, 0.2) is 6.61 Å². The van der Waals surface area contributed by atoms with Crippen molar-refractivity contribution in [2.75, 3.05) is 6.61 Å². The summed E-state index contributed by atoms with van der Waals surface area (Å²) in [5.41, 5.74) is 3.14. The number of rotatable bonds is 7. The number of amides is 1. The molecule has 1 fully saturated rings. The average Bonchev–Trinajstić information content (AvgIpc) is 3.44. The highest BCUT2D eigenvalue weighted by molar-refractivity contribution is 5.78.